The number of benzene rings is 2. The molecule has 0 atom stereocenters. The van der Waals surface area contributed by atoms with Crippen molar-refractivity contribution in [2.75, 3.05) is 26.9 Å². The summed E-state index contributed by atoms with van der Waals surface area (Å²) in [6.07, 6.45) is 6.23. The van der Waals surface area contributed by atoms with Gasteiger partial charge >= 0.3 is 0 Å². The van der Waals surface area contributed by atoms with Gasteiger partial charge in [-0.1, -0.05) is 50.9 Å². The third-order valence-corrected chi connectivity index (χ3v) is 5.53. The number of aryl methyl sites for hydroxylation is 1. The summed E-state index contributed by atoms with van der Waals surface area (Å²) in [6, 6.07) is 8.57. The van der Waals surface area contributed by atoms with Gasteiger partial charge in [0.2, 0.25) is 0 Å². The summed E-state index contributed by atoms with van der Waals surface area (Å²) in [7, 11) is 1.66. The number of aliphatic imine (C=N–C) groups is 1. The zero-order valence-corrected chi connectivity index (χ0v) is 25.2. The number of ether oxygens (including phenoxy) is 3. The van der Waals surface area contributed by atoms with Gasteiger partial charge in [-0.05, 0) is 75.6 Å². The van der Waals surface area contributed by atoms with Crippen LogP contribution in [0.1, 0.15) is 65.9 Å². The van der Waals surface area contributed by atoms with Crippen molar-refractivity contribution in [3.63, 3.8) is 0 Å². The predicted octanol–water partition coefficient (Wildman–Crippen LogP) is 6.04. The molecule has 0 aliphatic rings. The maximum atomic E-state index is 12.4. The molecule has 0 aliphatic carbocycles. The van der Waals surface area contributed by atoms with Gasteiger partial charge in [0, 0.05) is 24.2 Å². The van der Waals surface area contributed by atoms with E-state index < -0.39 is 0 Å². The molecular weight excluding hydrogens is 521 g/mol. The molecule has 1 N–H and O–H groups in total. The lowest BCUT2D eigenvalue weighted by atomic mass is 10.1. The standard InChI is InChI=1S/C21H33NO3.C7H6ClF.C3H6O2/c1-7-10-18(11-8-2)25-21-15-19(17(5)22-9-3)16(4)14-20(21)24-13-12-23-6;1-5-2-3-7(9)6(8)4-5;1-3(5)2-4/h9,14-15,18H,4,7-8,10-13H2,1-3,5-6H3;2-4H,1H3;4H,2H2,1H3/b19-17-,22-9?;;. The quantitative estimate of drug-likeness (QED) is 0.251. The molecule has 0 radical (unpaired) electrons. The van der Waals surface area contributed by atoms with Gasteiger partial charge in [0.25, 0.3) is 0 Å². The average Bonchev–Trinajstić information content (AvgIpc) is 2.89. The highest BCUT2D eigenvalue weighted by Crippen LogP contribution is 2.27. The number of aliphatic hydroxyl groups excluding tert-OH is 1. The Labute approximate surface area is 238 Å². The molecule has 0 heterocycles. The molecule has 0 saturated heterocycles. The van der Waals surface area contributed by atoms with Gasteiger partial charge in [-0.15, -0.1) is 0 Å². The maximum Gasteiger partial charge on any atom is 0.162 e. The Morgan fingerprint density at radius 3 is 2.21 bits per heavy atom. The first-order valence-electron chi connectivity index (χ1n) is 13.2. The lowest BCUT2D eigenvalue weighted by Crippen LogP contribution is -2.27. The fraction of sp³-hybridized carbons (Fsp3) is 0.484. The van der Waals surface area contributed by atoms with Crippen molar-refractivity contribution in [3.8, 4) is 11.5 Å². The van der Waals surface area contributed by atoms with Crippen molar-refractivity contribution in [1.82, 2.24) is 0 Å². The van der Waals surface area contributed by atoms with E-state index in [0.717, 1.165) is 58.9 Å². The number of aliphatic hydroxyl groups is 1. The Kier molecular flexibility index (Phi) is 19.6. The molecule has 0 aromatic heterocycles. The van der Waals surface area contributed by atoms with Gasteiger partial charge in [0.15, 0.2) is 17.3 Å². The summed E-state index contributed by atoms with van der Waals surface area (Å²) in [4.78, 5) is 14.0. The number of ketones is 1. The van der Waals surface area contributed by atoms with Crippen molar-refractivity contribution in [2.45, 2.75) is 73.3 Å². The SMILES string of the molecule is C=c1cc(OCCOC)c(OC(CCC)CCC)c/c1=C(\C)N=CC.CC(=O)CO.Cc1ccc(F)c(Cl)c1. The summed E-state index contributed by atoms with van der Waals surface area (Å²) in [5.41, 5.74) is 1.89. The molecule has 218 valence electrons. The lowest BCUT2D eigenvalue weighted by Gasteiger charge is -2.20. The van der Waals surface area contributed by atoms with Crippen LogP contribution in [0.2, 0.25) is 5.02 Å². The van der Waals surface area contributed by atoms with Gasteiger partial charge in [-0.25, -0.2) is 4.39 Å². The van der Waals surface area contributed by atoms with Crippen LogP contribution in [0.5, 0.6) is 11.5 Å². The molecule has 2 aromatic rings. The zero-order valence-electron chi connectivity index (χ0n) is 24.5. The Balaban J connectivity index is 0.000000837. The number of hydrogen-bond donors (Lipinski definition) is 1. The van der Waals surface area contributed by atoms with E-state index in [0.29, 0.717) is 13.2 Å². The topological polar surface area (TPSA) is 77.3 Å². The highest BCUT2D eigenvalue weighted by atomic mass is 35.5. The molecule has 0 amide bonds. The first-order chi connectivity index (χ1) is 18.5. The number of carbonyl (C=O) groups excluding carboxylic acids is 1. The minimum Gasteiger partial charge on any atom is -0.487 e. The molecule has 0 spiro atoms. The molecule has 0 aliphatic heterocycles. The summed E-state index contributed by atoms with van der Waals surface area (Å²) in [6.45, 7) is 16.3. The number of methoxy groups -OCH3 is 1. The zero-order chi connectivity index (χ0) is 29.8. The lowest BCUT2D eigenvalue weighted by molar-refractivity contribution is -0.119. The van der Waals surface area contributed by atoms with E-state index in [1.807, 2.05) is 32.9 Å². The third-order valence-electron chi connectivity index (χ3n) is 5.24. The number of hydrogen-bond acceptors (Lipinski definition) is 6. The molecule has 8 heteroatoms. The number of nitrogens with zero attached hydrogens (tertiary/aromatic N) is 1. The van der Waals surface area contributed by atoms with Crippen molar-refractivity contribution in [2.24, 2.45) is 4.99 Å². The highest BCUT2D eigenvalue weighted by Gasteiger charge is 2.13. The van der Waals surface area contributed by atoms with Crippen LogP contribution in [-0.4, -0.2) is 50.1 Å². The Morgan fingerprint density at radius 1 is 1.13 bits per heavy atom. The Morgan fingerprint density at radius 2 is 1.74 bits per heavy atom. The smallest absolute Gasteiger partial charge is 0.162 e. The molecule has 2 aromatic carbocycles. The number of carbonyl (C=O) groups is 1. The van der Waals surface area contributed by atoms with Crippen molar-refractivity contribution in [1.29, 1.82) is 0 Å². The second-order valence-electron chi connectivity index (χ2n) is 8.86. The Hall–Kier alpha value is -2.74. The van der Waals surface area contributed by atoms with Crippen LogP contribution in [0.15, 0.2) is 35.3 Å². The van der Waals surface area contributed by atoms with Crippen LogP contribution in [0, 0.1) is 12.7 Å². The van der Waals surface area contributed by atoms with Gasteiger partial charge in [0.05, 0.1) is 17.7 Å². The van der Waals surface area contributed by atoms with Crippen LogP contribution in [-0.2, 0) is 9.53 Å². The van der Waals surface area contributed by atoms with Gasteiger partial charge in [-0.3, -0.25) is 9.79 Å². The molecule has 0 fully saturated rings. The van der Waals surface area contributed by atoms with E-state index >= 15 is 0 Å². The fourth-order valence-corrected chi connectivity index (χ4v) is 3.56. The van der Waals surface area contributed by atoms with Crippen molar-refractivity contribution < 1.29 is 28.5 Å². The summed E-state index contributed by atoms with van der Waals surface area (Å²) in [5, 5.41) is 9.85. The van der Waals surface area contributed by atoms with E-state index in [-0.39, 0.29) is 29.3 Å². The average molecular weight is 566 g/mol. The maximum absolute atomic E-state index is 12.4. The normalized spacial score (nSPS) is 11.4. The minimum absolute atomic E-state index is 0.190. The molecule has 39 heavy (non-hydrogen) atoms. The van der Waals surface area contributed by atoms with Crippen LogP contribution < -0.4 is 19.9 Å². The van der Waals surface area contributed by atoms with Crippen LogP contribution in [0.3, 0.4) is 0 Å². The summed E-state index contributed by atoms with van der Waals surface area (Å²) in [5.74, 6) is 0.930. The molecule has 0 unspecified atom stereocenters. The van der Waals surface area contributed by atoms with Crippen molar-refractivity contribution in [3.05, 3.63) is 57.2 Å². The number of rotatable bonds is 12. The third kappa shape index (κ3) is 15.4. The van der Waals surface area contributed by atoms with Crippen molar-refractivity contribution >= 4 is 35.9 Å². The highest BCUT2D eigenvalue weighted by molar-refractivity contribution is 6.30. The number of halogens is 2. The molecule has 6 nitrogen and oxygen atoms in total. The molecular formula is C31H45ClFNO5. The largest absolute Gasteiger partial charge is 0.487 e. The second kappa shape index (κ2) is 21.1. The first-order valence-corrected chi connectivity index (χ1v) is 13.5. The van der Waals surface area contributed by atoms with Crippen LogP contribution >= 0.6 is 11.6 Å². The first kappa shape index (κ1) is 36.3. The fourth-order valence-electron chi connectivity index (χ4n) is 3.33. The molecule has 2 rings (SSSR count). The predicted molar refractivity (Wildman–Crippen MR) is 160 cm³/mol. The van der Waals surface area contributed by atoms with E-state index in [2.05, 4.69) is 25.4 Å². The number of Topliss-reactive ketones (excluding diaryl/α,β-unsaturated/α-hetero) is 1. The Bertz CT molecular complexity index is 1130. The summed E-state index contributed by atoms with van der Waals surface area (Å²) < 4.78 is 29.6. The van der Waals surface area contributed by atoms with Crippen LogP contribution in [0.4, 0.5) is 4.39 Å². The van der Waals surface area contributed by atoms with E-state index in [9.17, 15) is 9.18 Å². The van der Waals surface area contributed by atoms with E-state index in [1.165, 1.54) is 13.0 Å². The molecule has 0 bridgehead atoms. The summed E-state index contributed by atoms with van der Waals surface area (Å²) >= 11 is 5.44. The molecule has 0 saturated carbocycles. The second-order valence-corrected chi connectivity index (χ2v) is 9.27. The van der Waals surface area contributed by atoms with Gasteiger partial charge in [-0.2, -0.15) is 0 Å². The monoisotopic (exact) mass is 565 g/mol. The van der Waals surface area contributed by atoms with E-state index in [4.69, 9.17) is 30.9 Å². The van der Waals surface area contributed by atoms with Crippen LogP contribution in [0.25, 0.3) is 12.3 Å². The van der Waals surface area contributed by atoms with Gasteiger partial charge in [0.1, 0.15) is 19.0 Å². The van der Waals surface area contributed by atoms with Gasteiger partial charge < -0.3 is 19.3 Å². The van der Waals surface area contributed by atoms with E-state index in [1.54, 1.807) is 25.5 Å². The minimum atomic E-state index is -0.359.